The molecule has 5 nitrogen and oxygen atoms in total. The lowest BCUT2D eigenvalue weighted by atomic mass is 10.0. The first-order valence-corrected chi connectivity index (χ1v) is 27.0. The number of nitrogens with one attached hydrogen (secondary N) is 1. The van der Waals surface area contributed by atoms with E-state index in [1.807, 2.05) is 6.08 Å². The maximum Gasteiger partial charge on any atom is 0.249 e. The minimum absolute atomic E-state index is 0.381. The van der Waals surface area contributed by atoms with E-state index in [0.717, 1.165) is 44.9 Å². The first-order chi connectivity index (χ1) is 30.1. The van der Waals surface area contributed by atoms with Crippen LogP contribution in [-0.2, 0) is 4.79 Å². The van der Waals surface area contributed by atoms with E-state index in [-0.39, 0.29) is 6.61 Å². The van der Waals surface area contributed by atoms with Crippen molar-refractivity contribution in [3.8, 4) is 0 Å². The highest BCUT2D eigenvalue weighted by Crippen LogP contribution is 2.16. The fourth-order valence-electron chi connectivity index (χ4n) is 8.15. The summed E-state index contributed by atoms with van der Waals surface area (Å²) in [5.74, 6) is -0.515. The second-order valence-electron chi connectivity index (χ2n) is 18.4. The van der Waals surface area contributed by atoms with Gasteiger partial charge in [-0.1, -0.05) is 255 Å². The number of allylic oxidation sites excluding steroid dienone is 7. The molecule has 4 N–H and O–H groups in total. The number of aliphatic hydroxyl groups is 3. The molecule has 3 unspecified atom stereocenters. The van der Waals surface area contributed by atoms with Gasteiger partial charge >= 0.3 is 0 Å². The number of carbonyl (C=O) groups excluding carboxylic acids is 1. The molecule has 358 valence electrons. The fraction of sp³-hybridized carbons (Fsp3) is 0.839. The van der Waals surface area contributed by atoms with Crippen molar-refractivity contribution in [2.24, 2.45) is 0 Å². The maximum atomic E-state index is 12.5. The molecule has 0 aliphatic carbocycles. The lowest BCUT2D eigenvalue weighted by Gasteiger charge is -2.21. The van der Waals surface area contributed by atoms with Crippen molar-refractivity contribution in [2.45, 2.75) is 295 Å². The molecule has 0 heterocycles. The van der Waals surface area contributed by atoms with E-state index in [2.05, 4.69) is 55.6 Å². The fourth-order valence-corrected chi connectivity index (χ4v) is 8.15. The first kappa shape index (κ1) is 59.3. The second kappa shape index (κ2) is 50.9. The zero-order valence-corrected chi connectivity index (χ0v) is 40.8. The van der Waals surface area contributed by atoms with E-state index in [1.54, 1.807) is 6.08 Å². The Morgan fingerprint density at radius 2 is 0.672 bits per heavy atom. The Hall–Kier alpha value is -1.69. The summed E-state index contributed by atoms with van der Waals surface area (Å²) in [6.07, 6.45) is 67.5. The number of rotatable bonds is 49. The molecule has 0 radical (unpaired) electrons. The average Bonchev–Trinajstić information content (AvgIpc) is 3.26. The van der Waals surface area contributed by atoms with Crippen LogP contribution in [0.3, 0.4) is 0 Å². The van der Waals surface area contributed by atoms with Crippen LogP contribution >= 0.6 is 0 Å². The van der Waals surface area contributed by atoms with Gasteiger partial charge in [0.15, 0.2) is 0 Å². The van der Waals surface area contributed by atoms with Gasteiger partial charge in [0.05, 0.1) is 18.8 Å². The van der Waals surface area contributed by atoms with E-state index < -0.39 is 24.2 Å². The third-order valence-electron chi connectivity index (χ3n) is 12.4. The van der Waals surface area contributed by atoms with Gasteiger partial charge in [-0.3, -0.25) is 4.79 Å². The molecule has 61 heavy (non-hydrogen) atoms. The number of hydrogen-bond donors (Lipinski definition) is 4. The summed E-state index contributed by atoms with van der Waals surface area (Å²) in [6.45, 7) is 4.18. The van der Waals surface area contributed by atoms with Crippen molar-refractivity contribution in [3.05, 3.63) is 48.6 Å². The SMILES string of the molecule is CCCCCCCCCC/C=C/CC/C=C/CC/C=C/C(O)C(CO)NC(=O)C(O)CCCCCCCCCCCCCCC/C=C\CCCCCCCCCCCCCC. The van der Waals surface area contributed by atoms with Gasteiger partial charge in [0.1, 0.15) is 6.10 Å². The molecule has 0 aromatic rings. The Morgan fingerprint density at radius 3 is 1.00 bits per heavy atom. The summed E-state index contributed by atoms with van der Waals surface area (Å²) < 4.78 is 0. The Kier molecular flexibility index (Phi) is 49.5. The lowest BCUT2D eigenvalue weighted by Crippen LogP contribution is -2.48. The largest absolute Gasteiger partial charge is 0.394 e. The van der Waals surface area contributed by atoms with Gasteiger partial charge in [0, 0.05) is 0 Å². The zero-order valence-electron chi connectivity index (χ0n) is 40.8. The molecule has 0 fully saturated rings. The smallest absolute Gasteiger partial charge is 0.249 e. The first-order valence-electron chi connectivity index (χ1n) is 27.0. The van der Waals surface area contributed by atoms with E-state index >= 15 is 0 Å². The van der Waals surface area contributed by atoms with Crippen LogP contribution in [0.1, 0.15) is 277 Å². The van der Waals surface area contributed by atoms with E-state index in [4.69, 9.17) is 0 Å². The molecule has 0 saturated carbocycles. The van der Waals surface area contributed by atoms with Crippen molar-refractivity contribution < 1.29 is 20.1 Å². The van der Waals surface area contributed by atoms with Crippen molar-refractivity contribution in [1.82, 2.24) is 5.32 Å². The molecule has 0 saturated heterocycles. The minimum Gasteiger partial charge on any atom is -0.394 e. The quantitative estimate of drug-likeness (QED) is 0.0362. The van der Waals surface area contributed by atoms with E-state index in [1.165, 1.54) is 212 Å². The summed E-state index contributed by atoms with van der Waals surface area (Å²) in [6, 6.07) is -0.822. The van der Waals surface area contributed by atoms with Crippen LogP contribution < -0.4 is 5.32 Å². The van der Waals surface area contributed by atoms with Crippen molar-refractivity contribution in [1.29, 1.82) is 0 Å². The van der Waals surface area contributed by atoms with Crippen LogP contribution in [0.15, 0.2) is 48.6 Å². The van der Waals surface area contributed by atoms with Crippen LogP contribution in [0.2, 0.25) is 0 Å². The van der Waals surface area contributed by atoms with Gasteiger partial charge in [-0.2, -0.15) is 0 Å². The topological polar surface area (TPSA) is 89.8 Å². The lowest BCUT2D eigenvalue weighted by molar-refractivity contribution is -0.131. The summed E-state index contributed by atoms with van der Waals surface area (Å²) in [5, 5.41) is 33.3. The van der Waals surface area contributed by atoms with Gasteiger partial charge in [0.2, 0.25) is 5.91 Å². The predicted octanol–water partition coefficient (Wildman–Crippen LogP) is 16.4. The number of hydrogen-bond acceptors (Lipinski definition) is 4. The van der Waals surface area contributed by atoms with Gasteiger partial charge in [-0.15, -0.1) is 0 Å². The standard InChI is InChI=1S/C56H105NO4/c1-3-5-7-9-11-13-15-17-19-21-23-24-25-26-27-28-29-30-31-32-33-35-37-39-41-43-45-47-49-51-55(60)56(61)57-53(52-58)54(59)50-48-46-44-42-40-38-36-34-22-20-18-16-14-12-10-8-6-4-2/h22,26-27,34,40,42,48,50,53-55,58-60H,3-21,23-25,28-33,35-39,41,43-47,49,51-52H2,1-2H3,(H,57,61)/b27-26-,34-22+,42-40+,50-48+. The van der Waals surface area contributed by atoms with Crippen molar-refractivity contribution in [2.75, 3.05) is 6.61 Å². The maximum absolute atomic E-state index is 12.5. The second-order valence-corrected chi connectivity index (χ2v) is 18.4. The number of carbonyl (C=O) groups is 1. The molecular formula is C56H105NO4. The molecule has 0 rings (SSSR count). The molecule has 1 amide bonds. The summed E-state index contributed by atoms with van der Waals surface area (Å²) >= 11 is 0. The third-order valence-corrected chi connectivity index (χ3v) is 12.4. The van der Waals surface area contributed by atoms with Gasteiger partial charge in [0.25, 0.3) is 0 Å². The highest BCUT2D eigenvalue weighted by atomic mass is 16.3. The Morgan fingerprint density at radius 1 is 0.393 bits per heavy atom. The summed E-state index contributed by atoms with van der Waals surface area (Å²) in [5.41, 5.74) is 0. The molecule has 5 heteroatoms. The van der Waals surface area contributed by atoms with Gasteiger partial charge in [-0.05, 0) is 70.6 Å². The molecule has 0 aromatic heterocycles. The van der Waals surface area contributed by atoms with Crippen LogP contribution in [-0.4, -0.2) is 46.1 Å². The van der Waals surface area contributed by atoms with Gasteiger partial charge in [-0.25, -0.2) is 0 Å². The average molecular weight is 856 g/mol. The van der Waals surface area contributed by atoms with Crippen molar-refractivity contribution >= 4 is 5.91 Å². The molecule has 3 atom stereocenters. The molecule has 0 aromatic carbocycles. The zero-order chi connectivity index (χ0) is 44.4. The Labute approximate surface area is 380 Å². The third kappa shape index (κ3) is 46.1. The Bertz CT molecular complexity index is 989. The van der Waals surface area contributed by atoms with Gasteiger partial charge < -0.3 is 20.6 Å². The highest BCUT2D eigenvalue weighted by molar-refractivity contribution is 5.80. The minimum atomic E-state index is -1.11. The van der Waals surface area contributed by atoms with Crippen LogP contribution in [0.25, 0.3) is 0 Å². The summed E-state index contributed by atoms with van der Waals surface area (Å²) in [4.78, 5) is 12.5. The molecule has 0 aliphatic heterocycles. The van der Waals surface area contributed by atoms with E-state index in [0.29, 0.717) is 6.42 Å². The van der Waals surface area contributed by atoms with Crippen LogP contribution in [0.5, 0.6) is 0 Å². The normalized spacial score (nSPS) is 13.7. The van der Waals surface area contributed by atoms with E-state index in [9.17, 15) is 20.1 Å². The molecule has 0 aliphatic rings. The number of amides is 1. The summed E-state index contributed by atoms with van der Waals surface area (Å²) in [7, 11) is 0. The molecular weight excluding hydrogens is 751 g/mol. The highest BCUT2D eigenvalue weighted by Gasteiger charge is 2.22. The number of aliphatic hydroxyl groups excluding tert-OH is 3. The molecule has 0 spiro atoms. The van der Waals surface area contributed by atoms with Crippen LogP contribution in [0.4, 0.5) is 0 Å². The predicted molar refractivity (Wildman–Crippen MR) is 268 cm³/mol. The van der Waals surface area contributed by atoms with Crippen LogP contribution in [0, 0.1) is 0 Å². The number of unbranched alkanes of at least 4 members (excludes halogenated alkanes) is 35. The van der Waals surface area contributed by atoms with Crippen molar-refractivity contribution in [3.63, 3.8) is 0 Å². The monoisotopic (exact) mass is 856 g/mol. The molecule has 0 bridgehead atoms. The Balaban J connectivity index is 3.61.